The Kier molecular flexibility index (Phi) is 6.01. The standard InChI is InChI=1S/C13H28N2O/c1-9(2)7-10(3)15-12(16)8-11(14)13(4,5)6/h9-11H,7-8,14H2,1-6H3,(H,15,16). The van der Waals surface area contributed by atoms with Crippen molar-refractivity contribution in [2.75, 3.05) is 0 Å². The molecule has 0 rings (SSSR count). The topological polar surface area (TPSA) is 55.1 Å². The Hall–Kier alpha value is -0.570. The fourth-order valence-electron chi connectivity index (χ4n) is 1.61. The number of carbonyl (C=O) groups is 1. The molecule has 0 saturated carbocycles. The Morgan fingerprint density at radius 2 is 1.75 bits per heavy atom. The van der Waals surface area contributed by atoms with Gasteiger partial charge in [0.1, 0.15) is 0 Å². The van der Waals surface area contributed by atoms with Crippen molar-refractivity contribution in [3.8, 4) is 0 Å². The lowest BCUT2D eigenvalue weighted by Crippen LogP contribution is -2.42. The molecule has 2 atom stereocenters. The van der Waals surface area contributed by atoms with Gasteiger partial charge in [0.25, 0.3) is 0 Å². The van der Waals surface area contributed by atoms with E-state index in [0.717, 1.165) is 6.42 Å². The molecule has 0 bridgehead atoms. The molecule has 0 aromatic carbocycles. The second-order valence-electron chi connectivity index (χ2n) is 6.27. The third-order valence-electron chi connectivity index (χ3n) is 2.75. The molecule has 3 nitrogen and oxygen atoms in total. The molecule has 0 saturated heterocycles. The highest BCUT2D eigenvalue weighted by Gasteiger charge is 2.23. The molecule has 0 aliphatic carbocycles. The van der Waals surface area contributed by atoms with Crippen LogP contribution in [-0.2, 0) is 4.79 Å². The van der Waals surface area contributed by atoms with Crippen LogP contribution in [0, 0.1) is 11.3 Å². The van der Waals surface area contributed by atoms with Gasteiger partial charge in [-0.2, -0.15) is 0 Å². The lowest BCUT2D eigenvalue weighted by molar-refractivity contribution is -0.122. The molecule has 3 N–H and O–H groups in total. The molecule has 96 valence electrons. The van der Waals surface area contributed by atoms with Crippen molar-refractivity contribution in [1.29, 1.82) is 0 Å². The maximum Gasteiger partial charge on any atom is 0.221 e. The molecule has 1 amide bonds. The van der Waals surface area contributed by atoms with Crippen molar-refractivity contribution >= 4 is 5.91 Å². The van der Waals surface area contributed by atoms with E-state index >= 15 is 0 Å². The van der Waals surface area contributed by atoms with Crippen molar-refractivity contribution in [1.82, 2.24) is 5.32 Å². The van der Waals surface area contributed by atoms with Gasteiger partial charge in [-0.05, 0) is 24.7 Å². The van der Waals surface area contributed by atoms with Crippen LogP contribution in [0.2, 0.25) is 0 Å². The molecule has 0 aliphatic heterocycles. The summed E-state index contributed by atoms with van der Waals surface area (Å²) in [6.07, 6.45) is 1.42. The monoisotopic (exact) mass is 228 g/mol. The Morgan fingerprint density at radius 3 is 2.12 bits per heavy atom. The third-order valence-corrected chi connectivity index (χ3v) is 2.75. The number of carbonyl (C=O) groups excluding carboxylic acids is 1. The molecular formula is C13H28N2O. The highest BCUT2D eigenvalue weighted by molar-refractivity contribution is 5.76. The first-order chi connectivity index (χ1) is 7.12. The zero-order valence-corrected chi connectivity index (χ0v) is 11.6. The summed E-state index contributed by atoms with van der Waals surface area (Å²) in [6, 6.07) is 0.151. The van der Waals surface area contributed by atoms with Crippen LogP contribution in [0.3, 0.4) is 0 Å². The van der Waals surface area contributed by atoms with Gasteiger partial charge in [-0.3, -0.25) is 4.79 Å². The maximum absolute atomic E-state index is 11.7. The van der Waals surface area contributed by atoms with E-state index in [-0.39, 0.29) is 23.4 Å². The normalized spacial score (nSPS) is 16.0. The summed E-state index contributed by atoms with van der Waals surface area (Å²) in [6.45, 7) is 12.5. The number of nitrogens with one attached hydrogen (secondary N) is 1. The summed E-state index contributed by atoms with van der Waals surface area (Å²) in [7, 11) is 0. The molecule has 0 fully saturated rings. The van der Waals surface area contributed by atoms with Crippen molar-refractivity contribution in [2.45, 2.75) is 66.5 Å². The Morgan fingerprint density at radius 1 is 1.25 bits per heavy atom. The SMILES string of the molecule is CC(C)CC(C)NC(=O)CC(N)C(C)(C)C. The molecule has 0 heterocycles. The van der Waals surface area contributed by atoms with Gasteiger partial charge in [0.05, 0.1) is 0 Å². The average molecular weight is 228 g/mol. The third kappa shape index (κ3) is 6.83. The van der Waals surface area contributed by atoms with E-state index in [9.17, 15) is 4.79 Å². The van der Waals surface area contributed by atoms with Crippen molar-refractivity contribution in [3.63, 3.8) is 0 Å². The van der Waals surface area contributed by atoms with E-state index in [4.69, 9.17) is 5.73 Å². The fraction of sp³-hybridized carbons (Fsp3) is 0.923. The molecule has 0 radical (unpaired) electrons. The Balaban J connectivity index is 4.00. The van der Waals surface area contributed by atoms with Crippen LogP contribution in [0.5, 0.6) is 0 Å². The van der Waals surface area contributed by atoms with E-state index < -0.39 is 0 Å². The summed E-state index contributed by atoms with van der Waals surface area (Å²) in [5.74, 6) is 0.669. The molecule has 16 heavy (non-hydrogen) atoms. The highest BCUT2D eigenvalue weighted by atomic mass is 16.1. The van der Waals surface area contributed by atoms with E-state index in [1.165, 1.54) is 0 Å². The average Bonchev–Trinajstić information content (AvgIpc) is 1.98. The van der Waals surface area contributed by atoms with E-state index in [0.29, 0.717) is 12.3 Å². The fourth-order valence-corrected chi connectivity index (χ4v) is 1.61. The van der Waals surface area contributed by atoms with Crippen LogP contribution in [0.15, 0.2) is 0 Å². The minimum absolute atomic E-state index is 0.0153. The van der Waals surface area contributed by atoms with Gasteiger partial charge >= 0.3 is 0 Å². The van der Waals surface area contributed by atoms with E-state index in [1.54, 1.807) is 0 Å². The Labute approximate surface area is 100 Å². The molecule has 0 spiro atoms. The van der Waals surface area contributed by atoms with Gasteiger partial charge in [0.15, 0.2) is 0 Å². The van der Waals surface area contributed by atoms with Crippen molar-refractivity contribution in [2.24, 2.45) is 17.1 Å². The van der Waals surface area contributed by atoms with E-state index in [2.05, 4.69) is 39.9 Å². The summed E-state index contributed by atoms with van der Waals surface area (Å²) < 4.78 is 0. The largest absolute Gasteiger partial charge is 0.354 e. The number of rotatable bonds is 5. The zero-order chi connectivity index (χ0) is 12.9. The smallest absolute Gasteiger partial charge is 0.221 e. The minimum atomic E-state index is -0.0845. The van der Waals surface area contributed by atoms with Crippen LogP contribution < -0.4 is 11.1 Å². The molecule has 3 heteroatoms. The number of hydrogen-bond donors (Lipinski definition) is 2. The molecule has 2 unspecified atom stereocenters. The molecule has 0 aromatic heterocycles. The van der Waals surface area contributed by atoms with Crippen LogP contribution in [0.4, 0.5) is 0 Å². The van der Waals surface area contributed by atoms with Crippen molar-refractivity contribution in [3.05, 3.63) is 0 Å². The van der Waals surface area contributed by atoms with Crippen LogP contribution in [-0.4, -0.2) is 18.0 Å². The number of amides is 1. The second kappa shape index (κ2) is 6.24. The quantitative estimate of drug-likeness (QED) is 0.758. The molecular weight excluding hydrogens is 200 g/mol. The van der Waals surface area contributed by atoms with Gasteiger partial charge < -0.3 is 11.1 Å². The highest BCUT2D eigenvalue weighted by Crippen LogP contribution is 2.19. The van der Waals surface area contributed by atoms with Crippen LogP contribution in [0.1, 0.15) is 54.4 Å². The molecule has 0 aromatic rings. The lowest BCUT2D eigenvalue weighted by atomic mass is 9.85. The minimum Gasteiger partial charge on any atom is -0.354 e. The van der Waals surface area contributed by atoms with Gasteiger partial charge in [0.2, 0.25) is 5.91 Å². The predicted molar refractivity (Wildman–Crippen MR) is 69.1 cm³/mol. The van der Waals surface area contributed by atoms with Crippen molar-refractivity contribution < 1.29 is 4.79 Å². The molecule has 0 aliphatic rings. The summed E-state index contributed by atoms with van der Waals surface area (Å²) in [4.78, 5) is 11.7. The van der Waals surface area contributed by atoms with Crippen LogP contribution >= 0.6 is 0 Å². The summed E-state index contributed by atoms with van der Waals surface area (Å²) >= 11 is 0. The van der Waals surface area contributed by atoms with Gasteiger partial charge in [-0.15, -0.1) is 0 Å². The maximum atomic E-state index is 11.7. The second-order valence-corrected chi connectivity index (χ2v) is 6.27. The Bertz CT molecular complexity index is 218. The first-order valence-corrected chi connectivity index (χ1v) is 6.18. The first-order valence-electron chi connectivity index (χ1n) is 6.18. The van der Waals surface area contributed by atoms with Crippen LogP contribution in [0.25, 0.3) is 0 Å². The lowest BCUT2D eigenvalue weighted by Gasteiger charge is -2.27. The summed E-state index contributed by atoms with van der Waals surface area (Å²) in [5, 5.41) is 3.00. The number of nitrogens with two attached hydrogens (primary N) is 1. The van der Waals surface area contributed by atoms with Gasteiger partial charge in [-0.1, -0.05) is 34.6 Å². The summed E-state index contributed by atoms with van der Waals surface area (Å²) in [5.41, 5.74) is 5.95. The first kappa shape index (κ1) is 15.4. The predicted octanol–water partition coefficient (Wildman–Crippen LogP) is 2.30. The van der Waals surface area contributed by atoms with E-state index in [1.807, 2.05) is 6.92 Å². The van der Waals surface area contributed by atoms with Gasteiger partial charge in [0, 0.05) is 18.5 Å². The van der Waals surface area contributed by atoms with Gasteiger partial charge in [-0.25, -0.2) is 0 Å². The zero-order valence-electron chi connectivity index (χ0n) is 11.6. The number of hydrogen-bond acceptors (Lipinski definition) is 2.